The van der Waals surface area contributed by atoms with Crippen molar-refractivity contribution < 1.29 is 0 Å². The Morgan fingerprint density at radius 1 is 1.28 bits per heavy atom. The molecule has 1 aromatic carbocycles. The molecular weight excluding hydrogens is 246 g/mol. The lowest BCUT2D eigenvalue weighted by atomic mass is 10.1. The monoisotopic (exact) mass is 259 g/mol. The van der Waals surface area contributed by atoms with Gasteiger partial charge in [-0.25, -0.2) is 9.97 Å². The minimum Gasteiger partial charge on any atom is -0.307 e. The minimum atomic E-state index is 0.716. The first-order chi connectivity index (χ1) is 8.78. The van der Waals surface area contributed by atoms with Crippen molar-refractivity contribution in [1.29, 1.82) is 0 Å². The van der Waals surface area contributed by atoms with E-state index in [4.69, 9.17) is 11.6 Å². The van der Waals surface area contributed by atoms with E-state index in [2.05, 4.69) is 22.2 Å². The summed E-state index contributed by atoms with van der Waals surface area (Å²) in [5, 5.41) is 4.04. The zero-order valence-electron chi connectivity index (χ0n) is 10.2. The maximum absolute atomic E-state index is 6.02. The number of hydrogen-bond donors (Lipinski definition) is 1. The van der Waals surface area contributed by atoms with Gasteiger partial charge in [0, 0.05) is 34.9 Å². The highest BCUT2D eigenvalue weighted by Gasteiger charge is 2.18. The van der Waals surface area contributed by atoms with Crippen molar-refractivity contribution in [2.24, 2.45) is 0 Å². The van der Waals surface area contributed by atoms with Crippen LogP contribution >= 0.6 is 11.6 Å². The number of aromatic nitrogens is 2. The summed E-state index contributed by atoms with van der Waals surface area (Å²) in [6, 6.07) is 7.69. The average Bonchev–Trinajstić information content (AvgIpc) is 2.85. The largest absolute Gasteiger partial charge is 0.307 e. The molecule has 3 rings (SSSR count). The maximum atomic E-state index is 6.02. The van der Waals surface area contributed by atoms with Crippen LogP contribution in [0.15, 0.2) is 24.3 Å². The highest BCUT2D eigenvalue weighted by Crippen LogP contribution is 2.24. The Morgan fingerprint density at radius 3 is 2.94 bits per heavy atom. The molecule has 4 heteroatoms. The van der Waals surface area contributed by atoms with Crippen LogP contribution in [0, 0.1) is 0 Å². The zero-order valence-corrected chi connectivity index (χ0v) is 11.0. The second-order valence-corrected chi connectivity index (χ2v) is 4.82. The first-order valence-corrected chi connectivity index (χ1v) is 6.51. The molecule has 1 aliphatic heterocycles. The van der Waals surface area contributed by atoms with Crippen molar-refractivity contribution >= 4 is 11.6 Å². The van der Waals surface area contributed by atoms with Crippen LogP contribution in [0.3, 0.4) is 0 Å². The van der Waals surface area contributed by atoms with Gasteiger partial charge in [0.25, 0.3) is 0 Å². The van der Waals surface area contributed by atoms with Gasteiger partial charge >= 0.3 is 0 Å². The number of nitrogens with one attached hydrogen (secondary N) is 1. The van der Waals surface area contributed by atoms with Crippen molar-refractivity contribution in [3.63, 3.8) is 0 Å². The summed E-state index contributed by atoms with van der Waals surface area (Å²) in [7, 11) is 0. The predicted octanol–water partition coefficient (Wildman–Crippen LogP) is 2.96. The lowest BCUT2D eigenvalue weighted by molar-refractivity contribution is 0.755. The molecule has 2 heterocycles. The topological polar surface area (TPSA) is 37.8 Å². The summed E-state index contributed by atoms with van der Waals surface area (Å²) in [6.07, 6.45) is 0.931. The first kappa shape index (κ1) is 11.6. The third-order valence-corrected chi connectivity index (χ3v) is 3.43. The lowest BCUT2D eigenvalue weighted by Crippen LogP contribution is -2.02. The number of rotatable bonds is 2. The van der Waals surface area contributed by atoms with Crippen LogP contribution in [-0.4, -0.2) is 9.97 Å². The summed E-state index contributed by atoms with van der Waals surface area (Å²) in [4.78, 5) is 9.31. The van der Waals surface area contributed by atoms with Crippen LogP contribution in [0.2, 0.25) is 5.02 Å². The van der Waals surface area contributed by atoms with Gasteiger partial charge in [0.2, 0.25) is 0 Å². The smallest absolute Gasteiger partial charge is 0.159 e. The van der Waals surface area contributed by atoms with Crippen LogP contribution in [0.25, 0.3) is 11.4 Å². The quantitative estimate of drug-likeness (QED) is 0.901. The molecule has 0 spiro atoms. The van der Waals surface area contributed by atoms with Gasteiger partial charge in [0.05, 0.1) is 5.69 Å². The van der Waals surface area contributed by atoms with Crippen molar-refractivity contribution in [2.75, 3.05) is 0 Å². The Labute approximate surface area is 111 Å². The molecular formula is C14H14ClN3. The van der Waals surface area contributed by atoms with E-state index in [1.807, 2.05) is 24.3 Å². The standard InChI is InChI=1S/C14H14ClN3/c1-2-12-11-7-16-8-13(11)18-14(17-12)9-4-3-5-10(15)6-9/h3-6,16H,2,7-8H2,1H3. The van der Waals surface area contributed by atoms with Gasteiger partial charge in [-0.1, -0.05) is 30.7 Å². The highest BCUT2D eigenvalue weighted by molar-refractivity contribution is 6.30. The van der Waals surface area contributed by atoms with Gasteiger partial charge in [-0.2, -0.15) is 0 Å². The lowest BCUT2D eigenvalue weighted by Gasteiger charge is -2.08. The normalized spacial score (nSPS) is 13.7. The highest BCUT2D eigenvalue weighted by atomic mass is 35.5. The summed E-state index contributed by atoms with van der Waals surface area (Å²) in [5.74, 6) is 0.775. The number of halogens is 1. The summed E-state index contributed by atoms with van der Waals surface area (Å²) in [5.41, 5.74) is 4.51. The van der Waals surface area contributed by atoms with Crippen molar-refractivity contribution in [3.05, 3.63) is 46.2 Å². The molecule has 1 aliphatic rings. The van der Waals surface area contributed by atoms with E-state index in [0.717, 1.165) is 42.3 Å². The molecule has 3 nitrogen and oxygen atoms in total. The van der Waals surface area contributed by atoms with Gasteiger partial charge in [-0.15, -0.1) is 0 Å². The molecule has 0 radical (unpaired) electrons. The Hall–Kier alpha value is -1.45. The third kappa shape index (κ3) is 2.00. The fourth-order valence-corrected chi connectivity index (χ4v) is 2.48. The van der Waals surface area contributed by atoms with Crippen LogP contribution in [0.5, 0.6) is 0 Å². The third-order valence-electron chi connectivity index (χ3n) is 3.19. The van der Waals surface area contributed by atoms with Crippen LogP contribution < -0.4 is 5.32 Å². The van der Waals surface area contributed by atoms with Crippen LogP contribution in [0.4, 0.5) is 0 Å². The Bertz CT molecular complexity index is 596. The first-order valence-electron chi connectivity index (χ1n) is 6.13. The number of aryl methyl sites for hydroxylation is 1. The average molecular weight is 260 g/mol. The van der Waals surface area contributed by atoms with Crippen molar-refractivity contribution in [1.82, 2.24) is 15.3 Å². The maximum Gasteiger partial charge on any atom is 0.159 e. The molecule has 0 amide bonds. The molecule has 18 heavy (non-hydrogen) atoms. The summed E-state index contributed by atoms with van der Waals surface area (Å²) >= 11 is 6.02. The Kier molecular flexibility index (Phi) is 3.02. The molecule has 0 bridgehead atoms. The Morgan fingerprint density at radius 2 is 2.17 bits per heavy atom. The molecule has 1 aromatic heterocycles. The van der Waals surface area contributed by atoms with E-state index in [1.165, 1.54) is 5.56 Å². The molecule has 0 fully saturated rings. The fraction of sp³-hybridized carbons (Fsp3) is 0.286. The predicted molar refractivity (Wildman–Crippen MR) is 72.4 cm³/mol. The van der Waals surface area contributed by atoms with Crippen molar-refractivity contribution in [2.45, 2.75) is 26.4 Å². The van der Waals surface area contributed by atoms with E-state index in [1.54, 1.807) is 0 Å². The van der Waals surface area contributed by atoms with Gasteiger partial charge in [-0.05, 0) is 18.6 Å². The van der Waals surface area contributed by atoms with Gasteiger partial charge < -0.3 is 5.32 Å². The number of fused-ring (bicyclic) bond motifs is 1. The minimum absolute atomic E-state index is 0.716. The van der Waals surface area contributed by atoms with Gasteiger partial charge in [0.15, 0.2) is 5.82 Å². The van der Waals surface area contributed by atoms with E-state index in [-0.39, 0.29) is 0 Å². The summed E-state index contributed by atoms with van der Waals surface area (Å²) in [6.45, 7) is 3.84. The number of hydrogen-bond acceptors (Lipinski definition) is 3. The van der Waals surface area contributed by atoms with E-state index < -0.39 is 0 Å². The van der Waals surface area contributed by atoms with E-state index in [9.17, 15) is 0 Å². The molecule has 0 aliphatic carbocycles. The summed E-state index contributed by atoms with van der Waals surface area (Å²) < 4.78 is 0. The second kappa shape index (κ2) is 4.67. The van der Waals surface area contributed by atoms with E-state index >= 15 is 0 Å². The number of benzene rings is 1. The molecule has 92 valence electrons. The van der Waals surface area contributed by atoms with Gasteiger partial charge in [-0.3, -0.25) is 0 Å². The zero-order chi connectivity index (χ0) is 12.5. The molecule has 0 unspecified atom stereocenters. The molecule has 1 N–H and O–H groups in total. The molecule has 2 aromatic rings. The Balaban J connectivity index is 2.13. The van der Waals surface area contributed by atoms with Crippen molar-refractivity contribution in [3.8, 4) is 11.4 Å². The van der Waals surface area contributed by atoms with E-state index in [0.29, 0.717) is 5.02 Å². The fourth-order valence-electron chi connectivity index (χ4n) is 2.29. The van der Waals surface area contributed by atoms with Crippen LogP contribution in [-0.2, 0) is 19.5 Å². The second-order valence-electron chi connectivity index (χ2n) is 4.39. The van der Waals surface area contributed by atoms with Gasteiger partial charge in [0.1, 0.15) is 0 Å². The molecule has 0 saturated carbocycles. The van der Waals surface area contributed by atoms with Crippen LogP contribution in [0.1, 0.15) is 23.9 Å². The SMILES string of the molecule is CCc1nc(-c2cccc(Cl)c2)nc2c1CNC2. The molecule has 0 atom stereocenters. The number of nitrogens with zero attached hydrogens (tertiary/aromatic N) is 2. The molecule has 0 saturated heterocycles.